The number of ether oxygens (including phenoxy) is 2. The zero-order valence-electron chi connectivity index (χ0n) is 22.9. The van der Waals surface area contributed by atoms with Crippen LogP contribution in [0.25, 0.3) is 0 Å². The molecule has 204 valence electrons. The maximum atomic E-state index is 13.5. The molecular formula is C28H37N5O5. The largest absolute Gasteiger partial charge is 0.497 e. The van der Waals surface area contributed by atoms with E-state index in [2.05, 4.69) is 22.1 Å². The smallest absolute Gasteiger partial charge is 0.321 e. The molecule has 3 atom stereocenters. The third kappa shape index (κ3) is 7.37. The van der Waals surface area contributed by atoms with E-state index in [0.29, 0.717) is 30.1 Å². The fourth-order valence-corrected chi connectivity index (χ4v) is 3.93. The number of fused-ring (bicyclic) bond motifs is 1. The number of hydrogen-bond donors (Lipinski definition) is 2. The second kappa shape index (κ2) is 13.1. The monoisotopic (exact) mass is 523 g/mol. The normalized spacial score (nSPS) is 17.8. The molecule has 3 rings (SSSR count). The number of aromatic nitrogens is 1. The van der Waals surface area contributed by atoms with Crippen molar-refractivity contribution in [3.05, 3.63) is 47.7 Å². The van der Waals surface area contributed by atoms with Gasteiger partial charge in [0.1, 0.15) is 17.4 Å². The molecule has 0 spiro atoms. The molecule has 38 heavy (non-hydrogen) atoms. The van der Waals surface area contributed by atoms with Gasteiger partial charge in [-0.3, -0.25) is 9.69 Å². The summed E-state index contributed by atoms with van der Waals surface area (Å²) in [6.45, 7) is 4.74. The molecule has 1 aromatic heterocycles. The van der Waals surface area contributed by atoms with Crippen LogP contribution in [-0.4, -0.2) is 103 Å². The molecule has 0 unspecified atom stereocenters. The minimum absolute atomic E-state index is 0.154. The van der Waals surface area contributed by atoms with Gasteiger partial charge in [0, 0.05) is 37.0 Å². The number of carbonyl (C=O) groups is 2. The molecule has 0 fully saturated rings. The van der Waals surface area contributed by atoms with E-state index in [1.165, 1.54) is 4.90 Å². The fourth-order valence-electron chi connectivity index (χ4n) is 3.93. The SMILES string of the molecule is COc1ccc(NC(=O)N(C)C[C@H]2Oc3ncc(C#CCN(C)C)cc3C(=O)N([C@@H](C)CO)C[C@@H]2C)cc1. The van der Waals surface area contributed by atoms with Gasteiger partial charge < -0.3 is 29.7 Å². The second-order valence-corrected chi connectivity index (χ2v) is 9.78. The number of rotatable bonds is 7. The molecule has 0 aliphatic carbocycles. The van der Waals surface area contributed by atoms with E-state index in [9.17, 15) is 14.7 Å². The quantitative estimate of drug-likeness (QED) is 0.537. The number of likely N-dealkylation sites (N-methyl/N-ethyl adjacent to an activating group) is 1. The number of aliphatic hydroxyl groups is 1. The van der Waals surface area contributed by atoms with Crippen molar-refractivity contribution in [2.24, 2.45) is 5.92 Å². The number of carbonyl (C=O) groups excluding carboxylic acids is 2. The van der Waals surface area contributed by atoms with Crippen molar-refractivity contribution in [2.75, 3.05) is 59.8 Å². The summed E-state index contributed by atoms with van der Waals surface area (Å²) in [5.41, 5.74) is 1.52. The molecule has 2 heterocycles. The molecule has 2 N–H and O–H groups in total. The highest BCUT2D eigenvalue weighted by molar-refractivity contribution is 5.97. The van der Waals surface area contributed by atoms with Crippen molar-refractivity contribution in [1.29, 1.82) is 0 Å². The second-order valence-electron chi connectivity index (χ2n) is 9.78. The molecule has 1 aliphatic rings. The summed E-state index contributed by atoms with van der Waals surface area (Å²) in [7, 11) is 7.12. The van der Waals surface area contributed by atoms with Crippen LogP contribution in [0.5, 0.6) is 11.6 Å². The Morgan fingerprint density at radius 3 is 2.66 bits per heavy atom. The Morgan fingerprint density at radius 2 is 2.03 bits per heavy atom. The number of nitrogens with zero attached hydrogens (tertiary/aromatic N) is 4. The first kappa shape index (κ1) is 28.8. The molecule has 1 aliphatic heterocycles. The molecule has 3 amide bonds. The third-order valence-electron chi connectivity index (χ3n) is 6.29. The summed E-state index contributed by atoms with van der Waals surface area (Å²) in [6.07, 6.45) is 1.12. The van der Waals surface area contributed by atoms with Crippen LogP contribution < -0.4 is 14.8 Å². The van der Waals surface area contributed by atoms with Crippen molar-refractivity contribution in [3.63, 3.8) is 0 Å². The Labute approximate surface area is 224 Å². The van der Waals surface area contributed by atoms with Gasteiger partial charge in [0.15, 0.2) is 0 Å². The van der Waals surface area contributed by atoms with Gasteiger partial charge in [-0.25, -0.2) is 9.78 Å². The minimum atomic E-state index is -0.458. The Balaban J connectivity index is 1.84. The summed E-state index contributed by atoms with van der Waals surface area (Å²) in [5, 5.41) is 12.7. The predicted molar refractivity (Wildman–Crippen MR) is 145 cm³/mol. The molecule has 0 bridgehead atoms. The number of benzene rings is 1. The van der Waals surface area contributed by atoms with Crippen molar-refractivity contribution in [2.45, 2.75) is 26.0 Å². The van der Waals surface area contributed by atoms with Crippen LogP contribution in [0.4, 0.5) is 10.5 Å². The van der Waals surface area contributed by atoms with E-state index in [-0.39, 0.29) is 42.5 Å². The van der Waals surface area contributed by atoms with Crippen LogP contribution in [-0.2, 0) is 0 Å². The number of aliphatic hydroxyl groups excluding tert-OH is 1. The minimum Gasteiger partial charge on any atom is -0.497 e. The average molecular weight is 524 g/mol. The Morgan fingerprint density at radius 1 is 1.32 bits per heavy atom. The van der Waals surface area contributed by atoms with E-state index in [1.807, 2.05) is 25.9 Å². The average Bonchev–Trinajstić information content (AvgIpc) is 2.90. The number of pyridine rings is 1. The maximum absolute atomic E-state index is 13.5. The van der Waals surface area contributed by atoms with E-state index in [1.54, 1.807) is 62.5 Å². The lowest BCUT2D eigenvalue weighted by molar-refractivity contribution is 0.0356. The van der Waals surface area contributed by atoms with Gasteiger partial charge in [-0.1, -0.05) is 18.8 Å². The Kier molecular flexibility index (Phi) is 9.93. The topological polar surface area (TPSA) is 107 Å². The molecule has 2 aromatic rings. The lowest BCUT2D eigenvalue weighted by Crippen LogP contribution is -2.50. The molecule has 0 radical (unpaired) electrons. The van der Waals surface area contributed by atoms with E-state index in [0.717, 1.165) is 0 Å². The van der Waals surface area contributed by atoms with Crippen molar-refractivity contribution in [1.82, 2.24) is 19.7 Å². The lowest BCUT2D eigenvalue weighted by atomic mass is 10.00. The van der Waals surface area contributed by atoms with Crippen molar-refractivity contribution < 1.29 is 24.2 Å². The number of urea groups is 1. The van der Waals surface area contributed by atoms with E-state index < -0.39 is 12.1 Å². The number of amides is 3. The van der Waals surface area contributed by atoms with Crippen LogP contribution >= 0.6 is 0 Å². The number of methoxy groups -OCH3 is 1. The van der Waals surface area contributed by atoms with Gasteiger partial charge in [-0.05, 0) is 51.4 Å². The number of anilines is 1. The first-order chi connectivity index (χ1) is 18.1. The molecular weight excluding hydrogens is 486 g/mol. The molecule has 1 aromatic carbocycles. The van der Waals surface area contributed by atoms with Crippen LogP contribution in [0, 0.1) is 17.8 Å². The third-order valence-corrected chi connectivity index (χ3v) is 6.29. The highest BCUT2D eigenvalue weighted by Crippen LogP contribution is 2.27. The van der Waals surface area contributed by atoms with Gasteiger partial charge in [0.25, 0.3) is 5.91 Å². The maximum Gasteiger partial charge on any atom is 0.321 e. The first-order valence-corrected chi connectivity index (χ1v) is 12.5. The van der Waals surface area contributed by atoms with Gasteiger partial charge in [0.05, 0.1) is 32.8 Å². The standard InChI is InChI=1S/C28H37N5O5/c1-19-16-33(20(2)18-34)27(35)24-14-21(8-7-13-31(3)4)15-29-26(24)38-25(19)17-32(5)28(36)30-22-9-11-23(37-6)12-10-22/h9-12,14-15,19-20,25,34H,13,16-18H2,1-6H3,(H,30,36)/t19-,20-,25+/m0/s1. The van der Waals surface area contributed by atoms with Crippen LogP contribution in [0.1, 0.15) is 29.8 Å². The molecule has 0 saturated heterocycles. The zero-order chi connectivity index (χ0) is 27.8. The lowest BCUT2D eigenvalue weighted by Gasteiger charge is -2.37. The summed E-state index contributed by atoms with van der Waals surface area (Å²) < 4.78 is 11.4. The van der Waals surface area contributed by atoms with E-state index in [4.69, 9.17) is 9.47 Å². The van der Waals surface area contributed by atoms with Gasteiger partial charge in [-0.2, -0.15) is 0 Å². The van der Waals surface area contributed by atoms with Crippen molar-refractivity contribution in [3.8, 4) is 23.5 Å². The Bertz CT molecular complexity index is 1170. The first-order valence-electron chi connectivity index (χ1n) is 12.5. The molecule has 10 heteroatoms. The van der Waals surface area contributed by atoms with Gasteiger partial charge >= 0.3 is 6.03 Å². The number of nitrogens with one attached hydrogen (secondary N) is 1. The highest BCUT2D eigenvalue weighted by atomic mass is 16.5. The van der Waals surface area contributed by atoms with Gasteiger partial charge in [-0.15, -0.1) is 0 Å². The van der Waals surface area contributed by atoms with Crippen LogP contribution in [0.3, 0.4) is 0 Å². The highest BCUT2D eigenvalue weighted by Gasteiger charge is 2.34. The summed E-state index contributed by atoms with van der Waals surface area (Å²) >= 11 is 0. The predicted octanol–water partition coefficient (Wildman–Crippen LogP) is 2.39. The summed E-state index contributed by atoms with van der Waals surface area (Å²) in [4.78, 5) is 36.0. The zero-order valence-corrected chi connectivity index (χ0v) is 22.9. The molecule has 0 saturated carbocycles. The molecule has 10 nitrogen and oxygen atoms in total. The van der Waals surface area contributed by atoms with Crippen molar-refractivity contribution >= 4 is 17.6 Å². The summed E-state index contributed by atoms with van der Waals surface area (Å²) in [5.74, 6) is 6.54. The Hall–Kier alpha value is -3.81. The van der Waals surface area contributed by atoms with Crippen LogP contribution in [0.2, 0.25) is 0 Å². The summed E-state index contributed by atoms with van der Waals surface area (Å²) in [6, 6.07) is 8.03. The van der Waals surface area contributed by atoms with E-state index >= 15 is 0 Å². The van der Waals surface area contributed by atoms with Gasteiger partial charge in [0.2, 0.25) is 5.88 Å². The number of hydrogen-bond acceptors (Lipinski definition) is 7. The van der Waals surface area contributed by atoms with Crippen LogP contribution in [0.15, 0.2) is 36.5 Å². The fraction of sp³-hybridized carbons (Fsp3) is 0.464.